The van der Waals surface area contributed by atoms with E-state index in [0.717, 1.165) is 50.5 Å². The van der Waals surface area contributed by atoms with Gasteiger partial charge in [-0.05, 0) is 57.1 Å². The number of likely N-dealkylation sites (tertiary alicyclic amines) is 1. The zero-order valence-electron chi connectivity index (χ0n) is 16.9. The number of ether oxygens (including phenoxy) is 1. The molecule has 1 aliphatic rings. The van der Waals surface area contributed by atoms with Crippen LogP contribution in [0.5, 0.6) is 5.75 Å². The van der Waals surface area contributed by atoms with Crippen molar-refractivity contribution >= 4 is 17.5 Å². The Kier molecular flexibility index (Phi) is 8.58. The van der Waals surface area contributed by atoms with Crippen LogP contribution in [0.4, 0.5) is 5.69 Å². The van der Waals surface area contributed by atoms with E-state index in [0.29, 0.717) is 19.4 Å². The van der Waals surface area contributed by atoms with E-state index in [1.54, 1.807) is 0 Å². The number of likely N-dealkylation sites (N-methyl/N-ethyl adjacent to an activating group) is 1. The fraction of sp³-hybridized carbons (Fsp3) is 0.619. The van der Waals surface area contributed by atoms with Gasteiger partial charge >= 0.3 is 0 Å². The van der Waals surface area contributed by atoms with Gasteiger partial charge in [-0.15, -0.1) is 0 Å². The summed E-state index contributed by atoms with van der Waals surface area (Å²) in [7, 11) is 0. The Balaban J connectivity index is 1.76. The van der Waals surface area contributed by atoms with Crippen molar-refractivity contribution in [1.82, 2.24) is 9.80 Å². The Hall–Kier alpha value is -2.08. The van der Waals surface area contributed by atoms with E-state index in [4.69, 9.17) is 4.74 Å². The average molecular weight is 376 g/mol. The summed E-state index contributed by atoms with van der Waals surface area (Å²) in [5.41, 5.74) is 0.744. The topological polar surface area (TPSA) is 61.9 Å². The summed E-state index contributed by atoms with van der Waals surface area (Å²) in [6.07, 6.45) is 2.89. The number of nitrogens with one attached hydrogen (secondary N) is 1. The highest BCUT2D eigenvalue weighted by atomic mass is 16.5. The Morgan fingerprint density at radius 1 is 1.22 bits per heavy atom. The number of anilines is 1. The monoisotopic (exact) mass is 375 g/mol. The Bertz CT molecular complexity index is 599. The van der Waals surface area contributed by atoms with E-state index in [1.807, 2.05) is 36.1 Å². The highest BCUT2D eigenvalue weighted by Gasteiger charge is 2.24. The van der Waals surface area contributed by atoms with E-state index >= 15 is 0 Å². The van der Waals surface area contributed by atoms with Crippen LogP contribution in [0, 0.1) is 0 Å². The molecule has 1 N–H and O–H groups in total. The van der Waals surface area contributed by atoms with Crippen LogP contribution in [0.3, 0.4) is 0 Å². The number of nitrogens with zero attached hydrogens (tertiary/aromatic N) is 2. The van der Waals surface area contributed by atoms with Crippen molar-refractivity contribution in [1.29, 1.82) is 0 Å². The second-order valence-corrected chi connectivity index (χ2v) is 7.05. The standard InChI is InChI=1S/C21H33N3O3/c1-4-23(5-2)14-15-27-19-11-9-18(10-12-19)22-20(25)16-17(3)24-13-7-6-8-21(24)26/h9-12,17H,4-8,13-16H2,1-3H3,(H,22,25). The molecule has 6 heteroatoms. The minimum absolute atomic E-state index is 0.0690. The minimum atomic E-state index is -0.0731. The van der Waals surface area contributed by atoms with Crippen molar-refractivity contribution in [2.75, 3.05) is 38.1 Å². The van der Waals surface area contributed by atoms with Crippen LogP contribution in [0.2, 0.25) is 0 Å². The largest absolute Gasteiger partial charge is 0.492 e. The van der Waals surface area contributed by atoms with Crippen LogP contribution in [0.1, 0.15) is 46.5 Å². The highest BCUT2D eigenvalue weighted by Crippen LogP contribution is 2.18. The van der Waals surface area contributed by atoms with Gasteiger partial charge in [0, 0.05) is 37.7 Å². The summed E-state index contributed by atoms with van der Waals surface area (Å²) in [6.45, 7) is 10.6. The number of rotatable bonds is 10. The van der Waals surface area contributed by atoms with Crippen molar-refractivity contribution < 1.29 is 14.3 Å². The first-order chi connectivity index (χ1) is 13.0. The van der Waals surface area contributed by atoms with Crippen LogP contribution < -0.4 is 10.1 Å². The summed E-state index contributed by atoms with van der Waals surface area (Å²) in [5, 5.41) is 2.91. The second kappa shape index (κ2) is 10.9. The molecule has 2 amide bonds. The lowest BCUT2D eigenvalue weighted by atomic mass is 10.1. The molecule has 1 saturated heterocycles. The maximum Gasteiger partial charge on any atom is 0.226 e. The highest BCUT2D eigenvalue weighted by molar-refractivity contribution is 5.91. The maximum absolute atomic E-state index is 12.3. The van der Waals surface area contributed by atoms with E-state index in [-0.39, 0.29) is 17.9 Å². The normalized spacial score (nSPS) is 15.7. The number of piperidine rings is 1. The molecule has 0 aromatic heterocycles. The predicted octanol–water partition coefficient (Wildman–Crippen LogP) is 3.14. The van der Waals surface area contributed by atoms with Gasteiger partial charge in [-0.3, -0.25) is 9.59 Å². The van der Waals surface area contributed by atoms with E-state index < -0.39 is 0 Å². The third kappa shape index (κ3) is 6.86. The van der Waals surface area contributed by atoms with Gasteiger partial charge in [0.05, 0.1) is 0 Å². The van der Waals surface area contributed by atoms with E-state index in [1.165, 1.54) is 0 Å². The molecular formula is C21H33N3O3. The summed E-state index contributed by atoms with van der Waals surface area (Å²) in [6, 6.07) is 7.37. The second-order valence-electron chi connectivity index (χ2n) is 7.05. The van der Waals surface area contributed by atoms with Gasteiger partial charge in [0.15, 0.2) is 0 Å². The molecule has 0 radical (unpaired) electrons. The van der Waals surface area contributed by atoms with Crippen LogP contribution in [-0.4, -0.2) is 60.4 Å². The number of hydrogen-bond donors (Lipinski definition) is 1. The summed E-state index contributed by atoms with van der Waals surface area (Å²) < 4.78 is 5.76. The number of benzene rings is 1. The van der Waals surface area contributed by atoms with Gasteiger partial charge in [-0.1, -0.05) is 13.8 Å². The molecule has 1 unspecified atom stereocenters. The molecule has 1 aromatic rings. The summed E-state index contributed by atoms with van der Waals surface area (Å²) in [5.74, 6) is 0.885. The van der Waals surface area contributed by atoms with Crippen molar-refractivity contribution in [3.63, 3.8) is 0 Å². The number of carbonyl (C=O) groups is 2. The molecule has 0 aliphatic carbocycles. The molecule has 150 valence electrons. The fourth-order valence-corrected chi connectivity index (χ4v) is 3.35. The van der Waals surface area contributed by atoms with Gasteiger partial charge in [-0.2, -0.15) is 0 Å². The molecule has 0 bridgehead atoms. The first kappa shape index (κ1) is 21.2. The molecule has 1 aliphatic heterocycles. The van der Waals surface area contributed by atoms with Gasteiger partial charge in [-0.25, -0.2) is 0 Å². The summed E-state index contributed by atoms with van der Waals surface area (Å²) in [4.78, 5) is 28.4. The molecule has 1 heterocycles. The Morgan fingerprint density at radius 3 is 2.56 bits per heavy atom. The molecule has 1 atom stereocenters. The van der Waals surface area contributed by atoms with Crippen molar-refractivity contribution in [3.05, 3.63) is 24.3 Å². The smallest absolute Gasteiger partial charge is 0.226 e. The predicted molar refractivity (Wildman–Crippen MR) is 108 cm³/mol. The first-order valence-corrected chi connectivity index (χ1v) is 10.1. The van der Waals surface area contributed by atoms with Crippen LogP contribution in [0.15, 0.2) is 24.3 Å². The molecule has 0 spiro atoms. The van der Waals surface area contributed by atoms with Gasteiger partial charge in [0.25, 0.3) is 0 Å². The SMILES string of the molecule is CCN(CC)CCOc1ccc(NC(=O)CC(C)N2CCCCC2=O)cc1. The maximum atomic E-state index is 12.3. The quantitative estimate of drug-likeness (QED) is 0.682. The van der Waals surface area contributed by atoms with Crippen LogP contribution in [0.25, 0.3) is 0 Å². The minimum Gasteiger partial charge on any atom is -0.492 e. The number of carbonyl (C=O) groups excluding carboxylic acids is 2. The number of amides is 2. The Morgan fingerprint density at radius 2 is 1.93 bits per heavy atom. The molecule has 1 fully saturated rings. The third-order valence-electron chi connectivity index (χ3n) is 5.08. The van der Waals surface area contributed by atoms with Crippen molar-refractivity contribution in [2.45, 2.75) is 52.5 Å². The zero-order valence-corrected chi connectivity index (χ0v) is 16.9. The van der Waals surface area contributed by atoms with E-state index in [2.05, 4.69) is 24.1 Å². The molecule has 0 saturated carbocycles. The van der Waals surface area contributed by atoms with E-state index in [9.17, 15) is 9.59 Å². The average Bonchev–Trinajstić information content (AvgIpc) is 2.66. The van der Waals surface area contributed by atoms with Crippen molar-refractivity contribution in [3.8, 4) is 5.75 Å². The van der Waals surface area contributed by atoms with Gasteiger partial charge in [0.2, 0.25) is 11.8 Å². The Labute approximate surface area is 162 Å². The zero-order chi connectivity index (χ0) is 19.6. The molecule has 27 heavy (non-hydrogen) atoms. The molecular weight excluding hydrogens is 342 g/mol. The lowest BCUT2D eigenvalue weighted by Crippen LogP contribution is -2.43. The molecule has 2 rings (SSSR count). The summed E-state index contributed by atoms with van der Waals surface area (Å²) >= 11 is 0. The lowest BCUT2D eigenvalue weighted by Gasteiger charge is -2.32. The molecule has 6 nitrogen and oxygen atoms in total. The number of hydrogen-bond acceptors (Lipinski definition) is 4. The third-order valence-corrected chi connectivity index (χ3v) is 5.08. The van der Waals surface area contributed by atoms with Crippen LogP contribution in [-0.2, 0) is 9.59 Å². The fourth-order valence-electron chi connectivity index (χ4n) is 3.35. The first-order valence-electron chi connectivity index (χ1n) is 10.1. The van der Waals surface area contributed by atoms with Gasteiger partial charge < -0.3 is 19.9 Å². The molecule has 1 aromatic carbocycles. The lowest BCUT2D eigenvalue weighted by molar-refractivity contribution is -0.136. The van der Waals surface area contributed by atoms with Crippen LogP contribution >= 0.6 is 0 Å². The van der Waals surface area contributed by atoms with Gasteiger partial charge in [0.1, 0.15) is 12.4 Å². The van der Waals surface area contributed by atoms with Crippen molar-refractivity contribution in [2.24, 2.45) is 0 Å².